The summed E-state index contributed by atoms with van der Waals surface area (Å²) >= 11 is 1.59. The van der Waals surface area contributed by atoms with Gasteiger partial charge < -0.3 is 5.11 Å². The van der Waals surface area contributed by atoms with Crippen molar-refractivity contribution in [1.82, 2.24) is 15.0 Å². The lowest BCUT2D eigenvalue weighted by atomic mass is 9.72. The van der Waals surface area contributed by atoms with E-state index in [9.17, 15) is 9.59 Å². The first-order chi connectivity index (χ1) is 13.2. The van der Waals surface area contributed by atoms with Crippen LogP contribution in [-0.2, 0) is 19.4 Å². The number of carbonyl (C=O) groups is 1. The quantitative estimate of drug-likeness (QED) is 0.727. The highest BCUT2D eigenvalue weighted by molar-refractivity contribution is 7.18. The van der Waals surface area contributed by atoms with Crippen LogP contribution in [0.4, 0.5) is 0 Å². The van der Waals surface area contributed by atoms with Crippen LogP contribution in [0.25, 0.3) is 10.2 Å². The number of fused-ring (bicyclic) bond motifs is 3. The van der Waals surface area contributed by atoms with Crippen LogP contribution >= 0.6 is 11.3 Å². The monoisotopic (exact) mass is 397 g/mol. The third-order valence-electron chi connectivity index (χ3n) is 5.67. The smallest absolute Gasteiger partial charge is 0.335 e. The van der Waals surface area contributed by atoms with E-state index in [2.05, 4.69) is 31.1 Å². The maximum absolute atomic E-state index is 13.1. The van der Waals surface area contributed by atoms with Gasteiger partial charge in [-0.3, -0.25) is 4.79 Å². The lowest BCUT2D eigenvalue weighted by molar-refractivity contribution is 0.0696. The highest BCUT2D eigenvalue weighted by Crippen LogP contribution is 2.41. The van der Waals surface area contributed by atoms with Crippen LogP contribution in [0.2, 0.25) is 0 Å². The summed E-state index contributed by atoms with van der Waals surface area (Å²) < 4.78 is 1.34. The molecule has 1 aromatic carbocycles. The molecule has 0 fully saturated rings. The number of nitrogens with zero attached hydrogens (tertiary/aromatic N) is 3. The van der Waals surface area contributed by atoms with Crippen LogP contribution in [-0.4, -0.2) is 26.1 Å². The summed E-state index contributed by atoms with van der Waals surface area (Å²) in [5, 5.41) is 18.3. The Balaban J connectivity index is 1.71. The number of aromatic nitrogens is 3. The van der Waals surface area contributed by atoms with Gasteiger partial charge in [0.05, 0.1) is 17.5 Å². The van der Waals surface area contributed by atoms with Gasteiger partial charge in [-0.2, -0.15) is 0 Å². The molecule has 0 radical (unpaired) electrons. The van der Waals surface area contributed by atoms with E-state index in [1.165, 1.54) is 15.6 Å². The van der Waals surface area contributed by atoms with Gasteiger partial charge in [-0.25, -0.2) is 9.48 Å². The Morgan fingerprint density at radius 3 is 2.86 bits per heavy atom. The van der Waals surface area contributed by atoms with E-state index in [0.29, 0.717) is 21.7 Å². The molecule has 0 bridgehead atoms. The molecule has 2 aromatic heterocycles. The van der Waals surface area contributed by atoms with Gasteiger partial charge in [0, 0.05) is 4.88 Å². The molecule has 0 saturated heterocycles. The van der Waals surface area contributed by atoms with Crippen LogP contribution in [0.15, 0.2) is 29.1 Å². The fraction of sp³-hybridized carbons (Fsp3) is 0.429. The number of rotatable bonds is 3. The Labute approximate surface area is 166 Å². The zero-order valence-corrected chi connectivity index (χ0v) is 17.0. The molecule has 6 nitrogen and oxygen atoms in total. The van der Waals surface area contributed by atoms with Gasteiger partial charge in [-0.05, 0) is 53.9 Å². The Bertz CT molecular complexity index is 1120. The van der Waals surface area contributed by atoms with E-state index in [0.717, 1.165) is 24.8 Å². The molecule has 0 spiro atoms. The average Bonchev–Trinajstić information content (AvgIpc) is 3.02. The van der Waals surface area contributed by atoms with Gasteiger partial charge >= 0.3 is 5.97 Å². The van der Waals surface area contributed by atoms with Crippen LogP contribution in [0.5, 0.6) is 0 Å². The van der Waals surface area contributed by atoms with Crippen molar-refractivity contribution in [2.75, 3.05) is 0 Å². The fourth-order valence-corrected chi connectivity index (χ4v) is 5.18. The van der Waals surface area contributed by atoms with E-state index >= 15 is 0 Å². The zero-order valence-electron chi connectivity index (χ0n) is 16.2. The van der Waals surface area contributed by atoms with E-state index in [1.54, 1.807) is 29.5 Å². The molecule has 1 aliphatic rings. The number of benzene rings is 1. The molecule has 0 saturated carbocycles. The van der Waals surface area contributed by atoms with Gasteiger partial charge in [0.1, 0.15) is 0 Å². The SMILES string of the molecule is CC(C)(C)[C@H]1CCc2c(sc3nnn(Cc4cccc(C(=O)O)c4)c(=O)c23)C1. The predicted molar refractivity (Wildman–Crippen MR) is 109 cm³/mol. The van der Waals surface area contributed by atoms with Crippen molar-refractivity contribution < 1.29 is 9.90 Å². The standard InChI is InChI=1S/C21H23N3O3S/c1-21(2,3)14-7-8-15-16(10-14)28-18-17(15)19(25)24(23-22-18)11-12-5-4-6-13(9-12)20(26)27/h4-6,9,14H,7-8,10-11H2,1-3H3,(H,26,27)/t14-/m0/s1. The second-order valence-electron chi connectivity index (χ2n) is 8.55. The van der Waals surface area contributed by atoms with E-state index in [4.69, 9.17) is 5.11 Å². The number of aromatic carboxylic acids is 1. The summed E-state index contributed by atoms with van der Waals surface area (Å²) in [7, 11) is 0. The number of thiophene rings is 1. The first-order valence-electron chi connectivity index (χ1n) is 9.44. The Kier molecular flexibility index (Phi) is 4.57. The molecule has 0 amide bonds. The van der Waals surface area contributed by atoms with Crippen LogP contribution < -0.4 is 5.56 Å². The highest BCUT2D eigenvalue weighted by atomic mass is 32.1. The lowest BCUT2D eigenvalue weighted by Gasteiger charge is -2.33. The van der Waals surface area contributed by atoms with Gasteiger partial charge in [0.15, 0.2) is 4.83 Å². The Hall–Kier alpha value is -2.54. The first-order valence-corrected chi connectivity index (χ1v) is 10.3. The molecule has 1 atom stereocenters. The highest BCUT2D eigenvalue weighted by Gasteiger charge is 2.31. The van der Waals surface area contributed by atoms with Crippen molar-refractivity contribution in [1.29, 1.82) is 0 Å². The van der Waals surface area contributed by atoms with Crippen molar-refractivity contribution in [3.8, 4) is 0 Å². The molecule has 146 valence electrons. The van der Waals surface area contributed by atoms with Crippen LogP contribution in [0.1, 0.15) is 53.6 Å². The minimum atomic E-state index is -0.990. The molecule has 2 heterocycles. The van der Waals surface area contributed by atoms with Gasteiger partial charge in [-0.1, -0.05) is 38.1 Å². The van der Waals surface area contributed by atoms with Gasteiger partial charge in [0.2, 0.25) is 0 Å². The van der Waals surface area contributed by atoms with Crippen molar-refractivity contribution in [3.05, 3.63) is 56.2 Å². The molecular weight excluding hydrogens is 374 g/mol. The molecule has 28 heavy (non-hydrogen) atoms. The molecule has 0 aliphatic heterocycles. The second-order valence-corrected chi connectivity index (χ2v) is 9.63. The Morgan fingerprint density at radius 2 is 2.14 bits per heavy atom. The van der Waals surface area contributed by atoms with Gasteiger partial charge in [-0.15, -0.1) is 16.4 Å². The average molecular weight is 398 g/mol. The summed E-state index contributed by atoms with van der Waals surface area (Å²) in [5.74, 6) is -0.391. The number of hydrogen-bond acceptors (Lipinski definition) is 5. The maximum atomic E-state index is 13.1. The molecule has 0 unspecified atom stereocenters. The molecule has 4 rings (SSSR count). The van der Waals surface area contributed by atoms with E-state index in [1.807, 2.05) is 0 Å². The first kappa shape index (κ1) is 18.8. The molecule has 7 heteroatoms. The van der Waals surface area contributed by atoms with Crippen LogP contribution in [0, 0.1) is 11.3 Å². The Morgan fingerprint density at radius 1 is 1.36 bits per heavy atom. The molecule has 1 N–H and O–H groups in total. The minimum absolute atomic E-state index is 0.141. The summed E-state index contributed by atoms with van der Waals surface area (Å²) in [4.78, 5) is 26.3. The second kappa shape index (κ2) is 6.81. The van der Waals surface area contributed by atoms with Gasteiger partial charge in [0.25, 0.3) is 5.56 Å². The maximum Gasteiger partial charge on any atom is 0.335 e. The summed E-state index contributed by atoms with van der Waals surface area (Å²) in [5.41, 5.74) is 2.15. The van der Waals surface area contributed by atoms with Crippen molar-refractivity contribution >= 4 is 27.5 Å². The van der Waals surface area contributed by atoms with E-state index in [-0.39, 0.29) is 23.1 Å². The number of carboxylic acid groups (broad SMARTS) is 1. The van der Waals surface area contributed by atoms with Crippen molar-refractivity contribution in [3.63, 3.8) is 0 Å². The molecule has 3 aromatic rings. The summed E-state index contributed by atoms with van der Waals surface area (Å²) in [6.07, 6.45) is 2.96. The third-order valence-corrected chi connectivity index (χ3v) is 6.81. The third kappa shape index (κ3) is 3.35. The zero-order chi connectivity index (χ0) is 20.1. The number of hydrogen-bond donors (Lipinski definition) is 1. The van der Waals surface area contributed by atoms with Crippen molar-refractivity contribution in [2.45, 2.75) is 46.6 Å². The lowest BCUT2D eigenvalue weighted by Crippen LogP contribution is -2.28. The normalized spacial score (nSPS) is 16.9. The number of carboxylic acids is 1. The minimum Gasteiger partial charge on any atom is -0.478 e. The van der Waals surface area contributed by atoms with Crippen molar-refractivity contribution in [2.24, 2.45) is 11.3 Å². The van der Waals surface area contributed by atoms with E-state index < -0.39 is 5.97 Å². The van der Waals surface area contributed by atoms with Crippen LogP contribution in [0.3, 0.4) is 0 Å². The molecular formula is C21H23N3O3S. The molecule has 1 aliphatic carbocycles. The predicted octanol–water partition coefficient (Wildman–Crippen LogP) is 3.75. The fourth-order valence-electron chi connectivity index (χ4n) is 3.95. The summed E-state index contributed by atoms with van der Waals surface area (Å²) in [6.45, 7) is 7.02. The largest absolute Gasteiger partial charge is 0.478 e. The number of aryl methyl sites for hydroxylation is 1. The topological polar surface area (TPSA) is 85.1 Å². The summed E-state index contributed by atoms with van der Waals surface area (Å²) in [6, 6.07) is 6.57.